The highest BCUT2D eigenvalue weighted by molar-refractivity contribution is 7.85. The van der Waals surface area contributed by atoms with E-state index < -0.39 is 16.8 Å². The maximum Gasteiger partial charge on any atom is 0.339 e. The average molecular weight is 347 g/mol. The van der Waals surface area contributed by atoms with Crippen LogP contribution in [0.5, 0.6) is 0 Å². The van der Waals surface area contributed by atoms with Gasteiger partial charge < -0.3 is 9.30 Å². The monoisotopic (exact) mass is 347 g/mol. The summed E-state index contributed by atoms with van der Waals surface area (Å²) in [5.74, 6) is -0.476. The Morgan fingerprint density at radius 1 is 1.17 bits per heavy atom. The number of carbonyl (C=O) groups excluding carboxylic acids is 2. The zero-order valence-corrected chi connectivity index (χ0v) is 15.1. The molecule has 1 aromatic carbocycles. The van der Waals surface area contributed by atoms with Crippen molar-refractivity contribution < 1.29 is 18.5 Å². The molecule has 0 saturated heterocycles. The lowest BCUT2D eigenvalue weighted by Gasteiger charge is -2.08. The van der Waals surface area contributed by atoms with Crippen LogP contribution in [0, 0.1) is 13.8 Å². The number of ketones is 1. The predicted molar refractivity (Wildman–Crippen MR) is 92.9 cm³/mol. The summed E-state index contributed by atoms with van der Waals surface area (Å²) in [6, 6.07) is 8.39. The number of Topliss-reactive ketones (excluding diaryl/α,β-unsaturated/α-hetero) is 1. The Bertz CT molecular complexity index is 807. The minimum atomic E-state index is -1.27. The summed E-state index contributed by atoms with van der Waals surface area (Å²) in [6.45, 7) is 5.20. The Labute approximate surface area is 144 Å². The van der Waals surface area contributed by atoms with Crippen LogP contribution >= 0.6 is 0 Å². The lowest BCUT2D eigenvalue weighted by molar-refractivity contribution is 0.0471. The van der Waals surface area contributed by atoms with Crippen molar-refractivity contribution in [1.29, 1.82) is 0 Å². The number of hydrogen-bond acceptors (Lipinski definition) is 4. The van der Waals surface area contributed by atoms with Gasteiger partial charge >= 0.3 is 5.97 Å². The second-order valence-electron chi connectivity index (χ2n) is 5.47. The number of carbonyl (C=O) groups is 2. The number of rotatable bonds is 6. The average Bonchev–Trinajstić information content (AvgIpc) is 2.86. The van der Waals surface area contributed by atoms with Gasteiger partial charge in [0.05, 0.1) is 21.3 Å². The number of esters is 1. The van der Waals surface area contributed by atoms with Gasteiger partial charge in [-0.05, 0) is 32.0 Å². The van der Waals surface area contributed by atoms with Crippen molar-refractivity contribution in [2.45, 2.75) is 25.7 Å². The van der Waals surface area contributed by atoms with Crippen molar-refractivity contribution in [3.8, 4) is 0 Å². The maximum atomic E-state index is 12.3. The molecule has 0 unspecified atom stereocenters. The van der Waals surface area contributed by atoms with Crippen molar-refractivity contribution in [1.82, 2.24) is 4.57 Å². The fourth-order valence-electron chi connectivity index (χ4n) is 2.41. The van der Waals surface area contributed by atoms with Gasteiger partial charge in [0.2, 0.25) is 5.78 Å². The highest BCUT2D eigenvalue weighted by Gasteiger charge is 2.19. The fraction of sp³-hybridized carbons (Fsp3) is 0.333. The molecule has 0 aliphatic rings. The van der Waals surface area contributed by atoms with Crippen LogP contribution in [-0.4, -0.2) is 32.9 Å². The summed E-state index contributed by atoms with van der Waals surface area (Å²) in [5, 5.41) is 0. The van der Waals surface area contributed by atoms with Crippen molar-refractivity contribution >= 4 is 22.6 Å². The first-order valence-corrected chi connectivity index (χ1v) is 8.99. The first-order chi connectivity index (χ1) is 11.4. The van der Waals surface area contributed by atoms with Crippen LogP contribution in [0.4, 0.5) is 0 Å². The van der Waals surface area contributed by atoms with Crippen molar-refractivity contribution in [2.75, 3.05) is 12.4 Å². The number of benzene rings is 1. The Morgan fingerprint density at radius 3 is 2.42 bits per heavy atom. The highest BCUT2D eigenvalue weighted by Crippen LogP contribution is 2.17. The van der Waals surface area contributed by atoms with Crippen LogP contribution in [0.3, 0.4) is 0 Å². The van der Waals surface area contributed by atoms with Gasteiger partial charge in [0.25, 0.3) is 0 Å². The molecule has 0 bridgehead atoms. The van der Waals surface area contributed by atoms with E-state index in [1.54, 1.807) is 37.3 Å². The molecule has 0 fully saturated rings. The van der Waals surface area contributed by atoms with Gasteiger partial charge in [0, 0.05) is 29.8 Å². The third-order valence-electron chi connectivity index (χ3n) is 4.02. The van der Waals surface area contributed by atoms with Crippen LogP contribution in [0.2, 0.25) is 0 Å². The van der Waals surface area contributed by atoms with Gasteiger partial charge in [0.1, 0.15) is 0 Å². The van der Waals surface area contributed by atoms with Crippen molar-refractivity contribution in [3.05, 3.63) is 52.8 Å². The Hall–Kier alpha value is -2.21. The lowest BCUT2D eigenvalue weighted by atomic mass is 10.1. The highest BCUT2D eigenvalue weighted by atomic mass is 32.2. The van der Waals surface area contributed by atoms with Gasteiger partial charge in [-0.2, -0.15) is 0 Å². The molecule has 0 saturated carbocycles. The van der Waals surface area contributed by atoms with E-state index in [2.05, 4.69) is 0 Å². The predicted octanol–water partition coefficient (Wildman–Crippen LogP) is 2.81. The topological polar surface area (TPSA) is 65.4 Å². The molecule has 0 radical (unpaired) electrons. The van der Waals surface area contributed by atoms with Crippen LogP contribution in [0.15, 0.2) is 35.2 Å². The smallest absolute Gasteiger partial charge is 0.339 e. The van der Waals surface area contributed by atoms with E-state index in [0.717, 1.165) is 11.4 Å². The third kappa shape index (κ3) is 3.64. The zero-order valence-electron chi connectivity index (χ0n) is 14.3. The summed E-state index contributed by atoms with van der Waals surface area (Å²) in [7, 11) is 0.613. The molecule has 0 aliphatic carbocycles. The van der Waals surface area contributed by atoms with E-state index in [9.17, 15) is 13.8 Å². The minimum Gasteiger partial charge on any atom is -0.454 e. The molecule has 5 nitrogen and oxygen atoms in total. The minimum absolute atomic E-state index is 0.242. The van der Waals surface area contributed by atoms with E-state index in [4.69, 9.17) is 4.74 Å². The molecule has 0 N–H and O–H groups in total. The van der Waals surface area contributed by atoms with Crippen LogP contribution < -0.4 is 0 Å². The molecular weight excluding hydrogens is 326 g/mol. The molecule has 1 aromatic heterocycles. The Morgan fingerprint density at radius 2 is 1.83 bits per heavy atom. The first-order valence-electron chi connectivity index (χ1n) is 7.67. The molecule has 1 atom stereocenters. The largest absolute Gasteiger partial charge is 0.454 e. The van der Waals surface area contributed by atoms with Gasteiger partial charge in [-0.3, -0.25) is 9.00 Å². The zero-order chi connectivity index (χ0) is 17.9. The van der Waals surface area contributed by atoms with E-state index in [1.807, 2.05) is 25.5 Å². The second-order valence-corrected chi connectivity index (χ2v) is 7.18. The summed E-state index contributed by atoms with van der Waals surface area (Å²) >= 11 is 0. The molecule has 1 heterocycles. The molecule has 6 heteroatoms. The van der Waals surface area contributed by atoms with Gasteiger partial charge in [-0.1, -0.05) is 19.1 Å². The quantitative estimate of drug-likeness (QED) is 0.595. The molecule has 0 aliphatic heterocycles. The molecular formula is C18H21NO4S. The summed E-state index contributed by atoms with van der Waals surface area (Å²) in [4.78, 5) is 25.0. The van der Waals surface area contributed by atoms with E-state index in [1.165, 1.54) is 0 Å². The molecule has 2 rings (SSSR count). The van der Waals surface area contributed by atoms with Crippen LogP contribution in [0.1, 0.15) is 39.0 Å². The lowest BCUT2D eigenvalue weighted by Crippen LogP contribution is -2.16. The number of nitrogens with zero attached hydrogens (tertiary/aromatic N) is 1. The molecule has 0 amide bonds. The standard InChI is InChI=1S/C18H21NO4S/c1-5-24(22)17-9-7-6-8-14(17)18(21)23-11-16(20)15-10-12(2)19(4)13(15)3/h6-10H,5,11H2,1-4H3/t24-/m1/s1. The first kappa shape index (κ1) is 18.1. The number of aromatic nitrogens is 1. The van der Waals surface area contributed by atoms with E-state index in [0.29, 0.717) is 16.2 Å². The Kier molecular flexibility index (Phi) is 5.72. The normalized spacial score (nSPS) is 12.0. The number of ether oxygens (including phenoxy) is 1. The van der Waals surface area contributed by atoms with Crippen molar-refractivity contribution in [2.24, 2.45) is 7.05 Å². The second kappa shape index (κ2) is 7.57. The molecule has 2 aromatic rings. The summed E-state index contributed by atoms with van der Waals surface area (Å²) in [6.07, 6.45) is 0. The van der Waals surface area contributed by atoms with Gasteiger partial charge in [-0.15, -0.1) is 0 Å². The van der Waals surface area contributed by atoms with Crippen LogP contribution in [-0.2, 0) is 22.6 Å². The maximum absolute atomic E-state index is 12.3. The van der Waals surface area contributed by atoms with Crippen LogP contribution in [0.25, 0.3) is 0 Å². The molecule has 0 spiro atoms. The molecule has 128 valence electrons. The van der Waals surface area contributed by atoms with Gasteiger partial charge in [0.15, 0.2) is 6.61 Å². The number of hydrogen-bond donors (Lipinski definition) is 0. The van der Waals surface area contributed by atoms with E-state index in [-0.39, 0.29) is 18.0 Å². The van der Waals surface area contributed by atoms with E-state index >= 15 is 0 Å². The Balaban J connectivity index is 2.12. The van der Waals surface area contributed by atoms with Gasteiger partial charge in [-0.25, -0.2) is 4.79 Å². The summed E-state index contributed by atoms with van der Waals surface area (Å²) < 4.78 is 19.1. The fourth-order valence-corrected chi connectivity index (χ4v) is 3.35. The van der Waals surface area contributed by atoms with Crippen molar-refractivity contribution in [3.63, 3.8) is 0 Å². The molecule has 24 heavy (non-hydrogen) atoms. The summed E-state index contributed by atoms with van der Waals surface area (Å²) in [5.41, 5.74) is 2.59. The number of aryl methyl sites for hydroxylation is 1. The third-order valence-corrected chi connectivity index (χ3v) is 5.40. The SMILES string of the molecule is CC[S@@](=O)c1ccccc1C(=O)OCC(=O)c1cc(C)n(C)c1C.